The molecule has 0 aliphatic carbocycles. The van der Waals surface area contributed by atoms with Crippen LogP contribution < -0.4 is 4.90 Å². The fourth-order valence-corrected chi connectivity index (χ4v) is 2.78. The van der Waals surface area contributed by atoms with Gasteiger partial charge in [0.15, 0.2) is 0 Å². The number of hydrogen-bond acceptors (Lipinski definition) is 4. The summed E-state index contributed by atoms with van der Waals surface area (Å²) in [6.07, 6.45) is 1.72. The quantitative estimate of drug-likeness (QED) is 0.480. The van der Waals surface area contributed by atoms with Crippen LogP contribution in [0.25, 0.3) is 6.08 Å². The maximum Gasteiger partial charge on any atom is 0.269 e. The molecule has 0 N–H and O–H groups in total. The predicted octanol–water partition coefficient (Wildman–Crippen LogP) is 4.14. The van der Waals surface area contributed by atoms with Gasteiger partial charge in [0.1, 0.15) is 0 Å². The van der Waals surface area contributed by atoms with Gasteiger partial charge in [0, 0.05) is 18.7 Å². The highest BCUT2D eigenvalue weighted by molar-refractivity contribution is 6.30. The van der Waals surface area contributed by atoms with Gasteiger partial charge in [-0.3, -0.25) is 19.9 Å². The number of amides is 1. The maximum absolute atomic E-state index is 13.0. The molecule has 2 aromatic rings. The van der Waals surface area contributed by atoms with Crippen LogP contribution >= 0.6 is 0 Å². The number of nitro benzene ring substituents is 1. The van der Waals surface area contributed by atoms with Crippen LogP contribution in [0.4, 0.5) is 17.1 Å². The van der Waals surface area contributed by atoms with E-state index in [0.717, 1.165) is 11.4 Å². The van der Waals surface area contributed by atoms with E-state index < -0.39 is 4.92 Å². The first-order valence-corrected chi connectivity index (χ1v) is 7.94. The Morgan fingerprint density at radius 1 is 1.16 bits per heavy atom. The van der Waals surface area contributed by atoms with E-state index in [1.54, 1.807) is 30.0 Å². The third kappa shape index (κ3) is 3.19. The Morgan fingerprint density at radius 3 is 2.48 bits per heavy atom. The minimum Gasteiger partial charge on any atom is -0.306 e. The molecule has 1 aliphatic rings. The number of carbonyl (C=O) groups excluding carboxylic acids is 1. The highest BCUT2D eigenvalue weighted by Gasteiger charge is 2.25. The van der Waals surface area contributed by atoms with Crippen LogP contribution in [0.15, 0.2) is 59.1 Å². The van der Waals surface area contributed by atoms with Gasteiger partial charge in [-0.2, -0.15) is 0 Å². The van der Waals surface area contributed by atoms with E-state index in [1.807, 2.05) is 31.2 Å². The van der Waals surface area contributed by atoms with E-state index in [2.05, 4.69) is 4.99 Å². The smallest absolute Gasteiger partial charge is 0.269 e. The molecular formula is C19H17N3O3. The molecule has 2 aromatic carbocycles. The Hall–Kier alpha value is -3.28. The molecule has 0 radical (unpaired) electrons. The lowest BCUT2D eigenvalue weighted by atomic mass is 10.1. The van der Waals surface area contributed by atoms with Crippen LogP contribution in [0.2, 0.25) is 0 Å². The number of aliphatic imine (C=N–C) groups is 1. The number of benzene rings is 2. The molecule has 6 heteroatoms. The van der Waals surface area contributed by atoms with Crippen LogP contribution in [0.5, 0.6) is 0 Å². The highest BCUT2D eigenvalue weighted by atomic mass is 16.6. The van der Waals surface area contributed by atoms with Crippen molar-refractivity contribution in [3.05, 3.63) is 69.8 Å². The molecule has 0 spiro atoms. The average Bonchev–Trinajstić information content (AvgIpc) is 2.70. The molecule has 0 atom stereocenters. The lowest BCUT2D eigenvalue weighted by Gasteiger charge is -2.21. The third-order valence-corrected chi connectivity index (χ3v) is 4.06. The first-order chi connectivity index (χ1) is 12.0. The number of anilines is 1. The van der Waals surface area contributed by atoms with Gasteiger partial charge in [0.2, 0.25) is 0 Å². The minimum absolute atomic E-state index is 0.0160. The van der Waals surface area contributed by atoms with Crippen molar-refractivity contribution in [3.8, 4) is 0 Å². The zero-order valence-corrected chi connectivity index (χ0v) is 14.0. The summed E-state index contributed by atoms with van der Waals surface area (Å²) in [6, 6.07) is 13.6. The number of nitrogens with zero attached hydrogens (tertiary/aromatic N) is 3. The van der Waals surface area contributed by atoms with Crippen molar-refractivity contribution in [1.82, 2.24) is 0 Å². The molecule has 0 saturated carbocycles. The monoisotopic (exact) mass is 335 g/mol. The lowest BCUT2D eigenvalue weighted by Crippen LogP contribution is -2.32. The second kappa shape index (κ2) is 6.68. The van der Waals surface area contributed by atoms with Crippen molar-refractivity contribution in [2.75, 3.05) is 11.4 Å². The van der Waals surface area contributed by atoms with Gasteiger partial charge in [-0.15, -0.1) is 0 Å². The number of rotatable bonds is 3. The zero-order chi connectivity index (χ0) is 18.0. The average molecular weight is 335 g/mol. The molecule has 6 nitrogen and oxygen atoms in total. The van der Waals surface area contributed by atoms with E-state index in [9.17, 15) is 14.9 Å². The number of para-hydroxylation sites is 2. The Kier molecular flexibility index (Phi) is 4.43. The van der Waals surface area contributed by atoms with Gasteiger partial charge < -0.3 is 4.90 Å². The van der Waals surface area contributed by atoms with Gasteiger partial charge >= 0.3 is 0 Å². The summed E-state index contributed by atoms with van der Waals surface area (Å²) < 4.78 is 0. The first kappa shape index (κ1) is 16.6. The fraction of sp³-hybridized carbons (Fsp3) is 0.158. The number of hydrogen-bond donors (Lipinski definition) is 0. The van der Waals surface area contributed by atoms with E-state index in [1.165, 1.54) is 12.1 Å². The molecule has 1 heterocycles. The predicted molar refractivity (Wildman–Crippen MR) is 98.3 cm³/mol. The number of non-ortho nitro benzene ring substituents is 1. The van der Waals surface area contributed by atoms with Crippen molar-refractivity contribution < 1.29 is 9.72 Å². The molecular weight excluding hydrogens is 318 g/mol. The minimum atomic E-state index is -0.449. The molecule has 0 aromatic heterocycles. The topological polar surface area (TPSA) is 75.8 Å². The van der Waals surface area contributed by atoms with Crippen LogP contribution in [-0.2, 0) is 4.79 Å². The van der Waals surface area contributed by atoms with Crippen molar-refractivity contribution in [2.24, 2.45) is 4.99 Å². The number of likely N-dealkylation sites (N-methyl/N-ethyl adjacent to an activating group) is 1. The number of carbonyl (C=O) groups is 1. The van der Waals surface area contributed by atoms with Gasteiger partial charge in [0.25, 0.3) is 11.6 Å². The summed E-state index contributed by atoms with van der Waals surface area (Å²) in [4.78, 5) is 29.6. The number of nitro groups is 1. The zero-order valence-electron chi connectivity index (χ0n) is 14.0. The normalized spacial score (nSPS) is 15.6. The summed E-state index contributed by atoms with van der Waals surface area (Å²) in [5.41, 5.74) is 3.36. The summed E-state index contributed by atoms with van der Waals surface area (Å²) >= 11 is 0. The Labute approximate surface area is 145 Å². The summed E-state index contributed by atoms with van der Waals surface area (Å²) in [7, 11) is 0. The molecule has 1 amide bonds. The second-order valence-electron chi connectivity index (χ2n) is 5.64. The van der Waals surface area contributed by atoms with E-state index in [-0.39, 0.29) is 11.6 Å². The van der Waals surface area contributed by atoms with Crippen molar-refractivity contribution >= 4 is 34.8 Å². The summed E-state index contributed by atoms with van der Waals surface area (Å²) in [6.45, 7) is 4.24. The van der Waals surface area contributed by atoms with Gasteiger partial charge in [-0.1, -0.05) is 12.1 Å². The molecule has 126 valence electrons. The van der Waals surface area contributed by atoms with Gasteiger partial charge in [-0.05, 0) is 49.8 Å². The van der Waals surface area contributed by atoms with Crippen LogP contribution in [0, 0.1) is 10.1 Å². The van der Waals surface area contributed by atoms with Crippen molar-refractivity contribution in [1.29, 1.82) is 0 Å². The third-order valence-electron chi connectivity index (χ3n) is 4.06. The SMILES string of the molecule is CCN1C(=O)/C(=C/c2ccc([N+](=O)[O-])cc2)C(C)=Nc2ccccc21. The Morgan fingerprint density at radius 2 is 1.84 bits per heavy atom. The summed E-state index contributed by atoms with van der Waals surface area (Å²) in [5, 5.41) is 10.8. The molecule has 1 aliphatic heterocycles. The summed E-state index contributed by atoms with van der Waals surface area (Å²) in [5.74, 6) is -0.132. The molecule has 0 unspecified atom stereocenters. The largest absolute Gasteiger partial charge is 0.306 e. The van der Waals surface area contributed by atoms with Crippen molar-refractivity contribution in [2.45, 2.75) is 13.8 Å². The van der Waals surface area contributed by atoms with Crippen molar-refractivity contribution in [3.63, 3.8) is 0 Å². The first-order valence-electron chi connectivity index (χ1n) is 7.94. The Balaban J connectivity index is 2.07. The van der Waals surface area contributed by atoms with Gasteiger partial charge in [0.05, 0.1) is 27.6 Å². The highest BCUT2D eigenvalue weighted by Crippen LogP contribution is 2.33. The standard InChI is InChI=1S/C19H17N3O3/c1-3-21-18-7-5-4-6-17(18)20-13(2)16(19(21)23)12-14-8-10-15(11-9-14)22(24)25/h4-12H,3H2,1-2H3/b16-12+. The van der Waals surface area contributed by atoms with E-state index in [4.69, 9.17) is 0 Å². The van der Waals surface area contributed by atoms with Crippen LogP contribution in [0.1, 0.15) is 19.4 Å². The van der Waals surface area contributed by atoms with E-state index >= 15 is 0 Å². The molecule has 0 bridgehead atoms. The van der Waals surface area contributed by atoms with Gasteiger partial charge in [-0.25, -0.2) is 0 Å². The maximum atomic E-state index is 13.0. The molecule has 25 heavy (non-hydrogen) atoms. The van der Waals surface area contributed by atoms with E-state index in [0.29, 0.717) is 23.4 Å². The molecule has 3 rings (SSSR count). The number of fused-ring (bicyclic) bond motifs is 1. The Bertz CT molecular complexity index is 898. The molecule has 0 saturated heterocycles. The second-order valence-corrected chi connectivity index (χ2v) is 5.64. The van der Waals surface area contributed by atoms with Crippen LogP contribution in [0.3, 0.4) is 0 Å². The molecule has 0 fully saturated rings. The van der Waals surface area contributed by atoms with Crippen LogP contribution in [-0.4, -0.2) is 23.1 Å². The fourth-order valence-electron chi connectivity index (χ4n) is 2.78. The lowest BCUT2D eigenvalue weighted by molar-refractivity contribution is -0.384.